The number of aromatic hydroxyl groups is 1. The minimum Gasteiger partial charge on any atom is -0.507 e. The first-order valence-electron chi connectivity index (χ1n) is 6.09. The molecular formula is C15H15ClN2O2. The van der Waals surface area contributed by atoms with Crippen LogP contribution in [0, 0.1) is 6.92 Å². The van der Waals surface area contributed by atoms with E-state index in [4.69, 9.17) is 17.3 Å². The van der Waals surface area contributed by atoms with Gasteiger partial charge in [0.25, 0.3) is 5.91 Å². The van der Waals surface area contributed by atoms with Crippen LogP contribution in [0.25, 0.3) is 0 Å². The van der Waals surface area contributed by atoms with Crippen molar-refractivity contribution in [1.82, 2.24) is 5.32 Å². The quantitative estimate of drug-likeness (QED) is 0.761. The van der Waals surface area contributed by atoms with Crippen LogP contribution in [-0.4, -0.2) is 11.0 Å². The van der Waals surface area contributed by atoms with Gasteiger partial charge in [-0.1, -0.05) is 23.7 Å². The molecule has 4 N–H and O–H groups in total. The van der Waals surface area contributed by atoms with Gasteiger partial charge in [0.15, 0.2) is 0 Å². The van der Waals surface area contributed by atoms with Gasteiger partial charge in [-0.25, -0.2) is 0 Å². The number of amides is 1. The molecule has 0 saturated carbocycles. The molecule has 2 aromatic rings. The summed E-state index contributed by atoms with van der Waals surface area (Å²) < 4.78 is 0. The summed E-state index contributed by atoms with van der Waals surface area (Å²) >= 11 is 5.73. The van der Waals surface area contributed by atoms with E-state index in [2.05, 4.69) is 5.32 Å². The van der Waals surface area contributed by atoms with E-state index in [0.29, 0.717) is 17.3 Å². The van der Waals surface area contributed by atoms with E-state index in [1.54, 1.807) is 6.07 Å². The molecule has 0 aliphatic heterocycles. The summed E-state index contributed by atoms with van der Waals surface area (Å²) in [5.74, 6) is -0.500. The van der Waals surface area contributed by atoms with Crippen LogP contribution in [0.15, 0.2) is 36.4 Å². The van der Waals surface area contributed by atoms with Crippen LogP contribution in [-0.2, 0) is 6.54 Å². The lowest BCUT2D eigenvalue weighted by atomic mass is 10.1. The number of phenols is 1. The third kappa shape index (κ3) is 3.03. The molecule has 2 rings (SSSR count). The molecule has 0 unspecified atom stereocenters. The van der Waals surface area contributed by atoms with E-state index in [-0.39, 0.29) is 17.2 Å². The molecule has 1 amide bonds. The van der Waals surface area contributed by atoms with E-state index in [1.807, 2.05) is 25.1 Å². The maximum Gasteiger partial charge on any atom is 0.255 e. The summed E-state index contributed by atoms with van der Waals surface area (Å²) in [4.78, 5) is 12.0. The maximum atomic E-state index is 12.0. The molecule has 20 heavy (non-hydrogen) atoms. The maximum absolute atomic E-state index is 12.0. The second-order valence-electron chi connectivity index (χ2n) is 4.48. The zero-order chi connectivity index (χ0) is 14.7. The minimum atomic E-state index is -0.360. The van der Waals surface area contributed by atoms with Crippen molar-refractivity contribution in [3.05, 3.63) is 58.1 Å². The first-order chi connectivity index (χ1) is 9.49. The van der Waals surface area contributed by atoms with Crippen LogP contribution < -0.4 is 11.1 Å². The van der Waals surface area contributed by atoms with Gasteiger partial charge in [-0.05, 0) is 42.3 Å². The lowest BCUT2D eigenvalue weighted by molar-refractivity contribution is 0.0948. The number of nitrogen functional groups attached to an aromatic ring is 1. The Morgan fingerprint density at radius 3 is 2.80 bits per heavy atom. The van der Waals surface area contributed by atoms with Crippen molar-refractivity contribution in [1.29, 1.82) is 0 Å². The van der Waals surface area contributed by atoms with Gasteiger partial charge in [-0.2, -0.15) is 0 Å². The zero-order valence-electron chi connectivity index (χ0n) is 11.0. The number of halogens is 1. The highest BCUT2D eigenvalue weighted by Crippen LogP contribution is 2.22. The Labute approximate surface area is 122 Å². The standard InChI is InChI=1S/C15H15ClN2O2/c1-9-10(3-2-4-13(9)17)8-18-15(20)12-6-5-11(16)7-14(12)19/h2-7,19H,8,17H2,1H3,(H,18,20). The number of hydrogen-bond donors (Lipinski definition) is 3. The van der Waals surface area contributed by atoms with Crippen molar-refractivity contribution in [2.45, 2.75) is 13.5 Å². The van der Waals surface area contributed by atoms with Gasteiger partial charge in [0.2, 0.25) is 0 Å². The van der Waals surface area contributed by atoms with Gasteiger partial charge < -0.3 is 16.2 Å². The third-order valence-corrected chi connectivity index (χ3v) is 3.37. The fourth-order valence-electron chi connectivity index (χ4n) is 1.86. The van der Waals surface area contributed by atoms with Crippen molar-refractivity contribution in [3.63, 3.8) is 0 Å². The molecule has 0 aromatic heterocycles. The molecule has 4 nitrogen and oxygen atoms in total. The Kier molecular flexibility index (Phi) is 4.15. The van der Waals surface area contributed by atoms with Crippen LogP contribution >= 0.6 is 11.6 Å². The summed E-state index contributed by atoms with van der Waals surface area (Å²) in [6.07, 6.45) is 0. The molecule has 0 atom stereocenters. The Hall–Kier alpha value is -2.20. The van der Waals surface area contributed by atoms with Crippen LogP contribution in [0.3, 0.4) is 0 Å². The molecule has 0 aliphatic rings. The summed E-state index contributed by atoms with van der Waals surface area (Å²) in [5.41, 5.74) is 8.56. The van der Waals surface area contributed by atoms with Gasteiger partial charge in [-0.3, -0.25) is 4.79 Å². The number of carbonyl (C=O) groups excluding carboxylic acids is 1. The van der Waals surface area contributed by atoms with Crippen molar-refractivity contribution in [3.8, 4) is 5.75 Å². The van der Waals surface area contributed by atoms with Crippen molar-refractivity contribution in [2.75, 3.05) is 5.73 Å². The molecule has 5 heteroatoms. The highest BCUT2D eigenvalue weighted by Gasteiger charge is 2.11. The predicted octanol–water partition coefficient (Wildman–Crippen LogP) is 2.87. The van der Waals surface area contributed by atoms with Crippen LogP contribution in [0.4, 0.5) is 5.69 Å². The molecule has 0 bridgehead atoms. The number of rotatable bonds is 3. The SMILES string of the molecule is Cc1c(N)cccc1CNC(=O)c1ccc(Cl)cc1O. The Bertz CT molecular complexity index is 656. The third-order valence-electron chi connectivity index (χ3n) is 3.13. The van der Waals surface area contributed by atoms with E-state index in [0.717, 1.165) is 11.1 Å². The molecule has 0 aliphatic carbocycles. The second-order valence-corrected chi connectivity index (χ2v) is 4.91. The number of nitrogens with two attached hydrogens (primary N) is 1. The van der Waals surface area contributed by atoms with Gasteiger partial charge in [0.05, 0.1) is 5.56 Å². The normalized spacial score (nSPS) is 10.3. The van der Waals surface area contributed by atoms with E-state index in [9.17, 15) is 9.90 Å². The topological polar surface area (TPSA) is 75.3 Å². The van der Waals surface area contributed by atoms with Gasteiger partial charge >= 0.3 is 0 Å². The first kappa shape index (κ1) is 14.2. The highest BCUT2D eigenvalue weighted by atomic mass is 35.5. The molecule has 0 saturated heterocycles. The lowest BCUT2D eigenvalue weighted by Crippen LogP contribution is -2.23. The van der Waals surface area contributed by atoms with Gasteiger partial charge in [-0.15, -0.1) is 0 Å². The second kappa shape index (κ2) is 5.84. The number of carbonyl (C=O) groups is 1. The summed E-state index contributed by atoms with van der Waals surface area (Å²) in [6.45, 7) is 2.24. The van der Waals surface area contributed by atoms with Gasteiger partial charge in [0.1, 0.15) is 5.75 Å². The molecular weight excluding hydrogens is 276 g/mol. The molecule has 0 fully saturated rings. The summed E-state index contributed by atoms with van der Waals surface area (Å²) in [7, 11) is 0. The smallest absolute Gasteiger partial charge is 0.255 e. The number of hydrogen-bond acceptors (Lipinski definition) is 3. The first-order valence-corrected chi connectivity index (χ1v) is 6.47. The fourth-order valence-corrected chi connectivity index (χ4v) is 2.03. The number of nitrogens with one attached hydrogen (secondary N) is 1. The van der Waals surface area contributed by atoms with Crippen LogP contribution in [0.1, 0.15) is 21.5 Å². The van der Waals surface area contributed by atoms with Crippen molar-refractivity contribution in [2.24, 2.45) is 0 Å². The van der Waals surface area contributed by atoms with Gasteiger partial charge in [0, 0.05) is 17.3 Å². The van der Waals surface area contributed by atoms with E-state index in [1.165, 1.54) is 12.1 Å². The largest absolute Gasteiger partial charge is 0.507 e. The molecule has 0 heterocycles. The molecule has 104 valence electrons. The number of benzene rings is 2. The average Bonchev–Trinajstić information content (AvgIpc) is 2.40. The Morgan fingerprint density at radius 2 is 2.10 bits per heavy atom. The summed E-state index contributed by atoms with van der Waals surface area (Å²) in [6, 6.07) is 9.92. The van der Waals surface area contributed by atoms with Crippen molar-refractivity contribution < 1.29 is 9.90 Å². The average molecular weight is 291 g/mol. The Morgan fingerprint density at radius 1 is 1.35 bits per heavy atom. The lowest BCUT2D eigenvalue weighted by Gasteiger charge is -2.10. The van der Waals surface area contributed by atoms with Crippen molar-refractivity contribution >= 4 is 23.2 Å². The van der Waals surface area contributed by atoms with E-state index >= 15 is 0 Å². The monoisotopic (exact) mass is 290 g/mol. The highest BCUT2D eigenvalue weighted by molar-refractivity contribution is 6.30. The summed E-state index contributed by atoms with van der Waals surface area (Å²) in [5, 5.41) is 12.8. The van der Waals surface area contributed by atoms with E-state index < -0.39 is 0 Å². The zero-order valence-corrected chi connectivity index (χ0v) is 11.7. The van der Waals surface area contributed by atoms with Crippen LogP contribution in [0.2, 0.25) is 5.02 Å². The number of anilines is 1. The Balaban J connectivity index is 2.11. The number of phenolic OH excluding ortho intramolecular Hbond substituents is 1. The predicted molar refractivity (Wildman–Crippen MR) is 79.9 cm³/mol. The minimum absolute atomic E-state index is 0.140. The van der Waals surface area contributed by atoms with Crippen LogP contribution in [0.5, 0.6) is 5.75 Å². The fraction of sp³-hybridized carbons (Fsp3) is 0.133. The molecule has 2 aromatic carbocycles. The molecule has 0 spiro atoms. The molecule has 0 radical (unpaired) electrons.